The molecule has 1 heteroatoms. The van der Waals surface area contributed by atoms with Crippen LogP contribution in [0.25, 0.3) is 33.2 Å². The van der Waals surface area contributed by atoms with E-state index >= 15 is 0 Å². The Hall–Kier alpha value is -2.93. The van der Waals surface area contributed by atoms with Crippen molar-refractivity contribution in [3.63, 3.8) is 0 Å². The van der Waals surface area contributed by atoms with Crippen LogP contribution in [0.5, 0.6) is 0 Å². The molecular weight excluding hydrogens is 458 g/mol. The molecule has 0 bridgehead atoms. The van der Waals surface area contributed by atoms with Gasteiger partial charge in [-0.25, -0.2) is 0 Å². The molecule has 2 aliphatic rings. The summed E-state index contributed by atoms with van der Waals surface area (Å²) in [5.74, 6) is 0. The molecule has 0 amide bonds. The van der Waals surface area contributed by atoms with Gasteiger partial charge in [-0.15, -0.1) is 0 Å². The van der Waals surface area contributed by atoms with E-state index < -0.39 is 0 Å². The molecule has 0 N–H and O–H groups in total. The van der Waals surface area contributed by atoms with Gasteiger partial charge in [-0.05, 0) is 111 Å². The van der Waals surface area contributed by atoms with E-state index in [1.807, 2.05) is 6.20 Å². The summed E-state index contributed by atoms with van der Waals surface area (Å²) in [5.41, 5.74) is 14.6. The number of aryl methyl sites for hydroxylation is 2. The lowest BCUT2D eigenvalue weighted by atomic mass is 9.74. The van der Waals surface area contributed by atoms with Gasteiger partial charge in [0.25, 0.3) is 0 Å². The topological polar surface area (TPSA) is 12.9 Å². The molecule has 38 heavy (non-hydrogen) atoms. The standard InChI is InChI=1S/C37H43N/c1-22-15-23(2)17-26(16-22)33-27-12-11-25(18-24(27)13-14-38-33)30-31-28(34(3,4)20-36(31,7)8)19-29-32(30)37(9,10)21-35(29,5)6/h11-19H,20-21H2,1-10H3. The van der Waals surface area contributed by atoms with Gasteiger partial charge in [0.05, 0.1) is 5.69 Å². The summed E-state index contributed by atoms with van der Waals surface area (Å²) in [5, 5.41) is 2.49. The molecule has 1 aromatic heterocycles. The summed E-state index contributed by atoms with van der Waals surface area (Å²) in [7, 11) is 0. The lowest BCUT2D eigenvalue weighted by Gasteiger charge is -2.30. The van der Waals surface area contributed by atoms with E-state index in [1.165, 1.54) is 51.4 Å². The summed E-state index contributed by atoms with van der Waals surface area (Å²) < 4.78 is 0. The largest absolute Gasteiger partial charge is 0.256 e. The van der Waals surface area contributed by atoms with Crippen LogP contribution in [0.1, 0.15) is 102 Å². The van der Waals surface area contributed by atoms with Gasteiger partial charge in [0.15, 0.2) is 0 Å². The fourth-order valence-electron chi connectivity index (χ4n) is 8.70. The highest BCUT2D eigenvalue weighted by atomic mass is 14.7. The van der Waals surface area contributed by atoms with E-state index in [0.29, 0.717) is 0 Å². The van der Waals surface area contributed by atoms with Crippen molar-refractivity contribution in [3.05, 3.63) is 88.1 Å². The van der Waals surface area contributed by atoms with Crippen molar-refractivity contribution in [1.29, 1.82) is 0 Å². The fourth-order valence-corrected chi connectivity index (χ4v) is 8.70. The minimum absolute atomic E-state index is 0.128. The molecule has 0 saturated heterocycles. The summed E-state index contributed by atoms with van der Waals surface area (Å²) in [6.07, 6.45) is 4.35. The maximum atomic E-state index is 4.86. The van der Waals surface area contributed by atoms with Crippen molar-refractivity contribution in [2.45, 2.75) is 104 Å². The van der Waals surface area contributed by atoms with E-state index in [2.05, 4.69) is 118 Å². The number of fused-ring (bicyclic) bond motifs is 3. The second-order valence-electron chi connectivity index (χ2n) is 15.0. The number of rotatable bonds is 2. The third-order valence-corrected chi connectivity index (χ3v) is 9.46. The van der Waals surface area contributed by atoms with Crippen LogP contribution >= 0.6 is 0 Å². The molecule has 196 valence electrons. The molecule has 0 saturated carbocycles. The molecular formula is C37H43N. The fraction of sp³-hybridized carbons (Fsp3) is 0.432. The van der Waals surface area contributed by atoms with Gasteiger partial charge in [0.2, 0.25) is 0 Å². The molecule has 1 heterocycles. The zero-order valence-electron chi connectivity index (χ0n) is 25.1. The first-order valence-corrected chi connectivity index (χ1v) is 14.3. The molecule has 2 aliphatic carbocycles. The highest BCUT2D eigenvalue weighted by molar-refractivity contribution is 5.98. The SMILES string of the molecule is Cc1cc(C)cc(-c2nccc3cc(-c4c5c(cc6c4C(C)(C)CC6(C)C)C(C)(C)CC5(C)C)ccc23)c1. The van der Waals surface area contributed by atoms with Crippen LogP contribution < -0.4 is 0 Å². The van der Waals surface area contributed by atoms with Crippen molar-refractivity contribution in [3.8, 4) is 22.4 Å². The van der Waals surface area contributed by atoms with Gasteiger partial charge >= 0.3 is 0 Å². The highest BCUT2D eigenvalue weighted by Crippen LogP contribution is 2.60. The molecule has 3 aromatic carbocycles. The Kier molecular flexibility index (Phi) is 5.21. The number of hydrogen-bond donors (Lipinski definition) is 0. The Morgan fingerprint density at radius 3 is 1.68 bits per heavy atom. The van der Waals surface area contributed by atoms with Crippen molar-refractivity contribution in [2.75, 3.05) is 0 Å². The van der Waals surface area contributed by atoms with E-state index in [-0.39, 0.29) is 21.7 Å². The summed E-state index contributed by atoms with van der Waals surface area (Å²) in [6.45, 7) is 24.0. The summed E-state index contributed by atoms with van der Waals surface area (Å²) >= 11 is 0. The molecule has 0 aliphatic heterocycles. The Balaban J connectivity index is 1.67. The first kappa shape index (κ1) is 25.4. The monoisotopic (exact) mass is 501 g/mol. The molecule has 0 fully saturated rings. The molecule has 0 unspecified atom stereocenters. The van der Waals surface area contributed by atoms with Crippen molar-refractivity contribution < 1.29 is 0 Å². The van der Waals surface area contributed by atoms with Crippen LogP contribution in [0.4, 0.5) is 0 Å². The summed E-state index contributed by atoms with van der Waals surface area (Å²) in [4.78, 5) is 4.86. The predicted molar refractivity (Wildman–Crippen MR) is 163 cm³/mol. The zero-order valence-corrected chi connectivity index (χ0v) is 25.1. The van der Waals surface area contributed by atoms with Crippen molar-refractivity contribution in [2.24, 2.45) is 0 Å². The first-order valence-electron chi connectivity index (χ1n) is 14.3. The van der Waals surface area contributed by atoms with E-state index in [9.17, 15) is 0 Å². The molecule has 0 spiro atoms. The number of hydrogen-bond acceptors (Lipinski definition) is 1. The van der Waals surface area contributed by atoms with E-state index in [1.54, 1.807) is 22.3 Å². The van der Waals surface area contributed by atoms with Gasteiger partial charge in [0, 0.05) is 17.1 Å². The second-order valence-corrected chi connectivity index (χ2v) is 15.0. The van der Waals surface area contributed by atoms with Crippen LogP contribution in [-0.2, 0) is 21.7 Å². The third-order valence-electron chi connectivity index (χ3n) is 9.46. The minimum atomic E-state index is 0.128. The van der Waals surface area contributed by atoms with E-state index in [0.717, 1.165) is 5.69 Å². The molecule has 0 atom stereocenters. The van der Waals surface area contributed by atoms with Crippen molar-refractivity contribution >= 4 is 10.8 Å². The number of pyridine rings is 1. The Bertz CT molecular complexity index is 1550. The quantitative estimate of drug-likeness (QED) is 0.266. The third kappa shape index (κ3) is 3.69. The zero-order chi connectivity index (χ0) is 27.4. The van der Waals surface area contributed by atoms with Gasteiger partial charge in [-0.3, -0.25) is 4.98 Å². The minimum Gasteiger partial charge on any atom is -0.256 e. The average Bonchev–Trinajstić information content (AvgIpc) is 3.11. The van der Waals surface area contributed by atoms with Gasteiger partial charge in [0.1, 0.15) is 0 Å². The Labute approximate surface area is 229 Å². The molecule has 6 rings (SSSR count). The van der Waals surface area contributed by atoms with Crippen LogP contribution in [0.3, 0.4) is 0 Å². The average molecular weight is 502 g/mol. The number of aromatic nitrogens is 1. The highest BCUT2D eigenvalue weighted by Gasteiger charge is 2.50. The smallest absolute Gasteiger partial charge is 0.0780 e. The van der Waals surface area contributed by atoms with Crippen LogP contribution in [0, 0.1) is 13.8 Å². The van der Waals surface area contributed by atoms with Crippen LogP contribution in [0.2, 0.25) is 0 Å². The Morgan fingerprint density at radius 1 is 0.579 bits per heavy atom. The number of nitrogens with zero attached hydrogens (tertiary/aromatic N) is 1. The van der Waals surface area contributed by atoms with Crippen LogP contribution in [-0.4, -0.2) is 4.98 Å². The van der Waals surface area contributed by atoms with Gasteiger partial charge in [-0.2, -0.15) is 0 Å². The van der Waals surface area contributed by atoms with E-state index in [4.69, 9.17) is 4.98 Å². The Morgan fingerprint density at radius 2 is 1.13 bits per heavy atom. The molecule has 0 radical (unpaired) electrons. The lowest BCUT2D eigenvalue weighted by molar-refractivity contribution is 0.396. The van der Waals surface area contributed by atoms with Gasteiger partial charge in [-0.1, -0.05) is 90.8 Å². The summed E-state index contributed by atoms with van der Waals surface area (Å²) in [6, 6.07) is 18.7. The number of benzene rings is 3. The second kappa shape index (κ2) is 7.81. The lowest BCUT2D eigenvalue weighted by Crippen LogP contribution is -2.20. The maximum Gasteiger partial charge on any atom is 0.0780 e. The van der Waals surface area contributed by atoms with Gasteiger partial charge < -0.3 is 0 Å². The first-order chi connectivity index (χ1) is 17.6. The normalized spacial score (nSPS) is 19.9. The molecule has 4 aromatic rings. The predicted octanol–water partition coefficient (Wildman–Crippen LogP) is 10.1. The molecule has 1 nitrogen and oxygen atoms in total. The van der Waals surface area contributed by atoms with Crippen LogP contribution in [0.15, 0.2) is 54.7 Å². The van der Waals surface area contributed by atoms with Crippen molar-refractivity contribution in [1.82, 2.24) is 4.98 Å². The maximum absolute atomic E-state index is 4.86.